The molecule has 1 atom stereocenters. The van der Waals surface area contributed by atoms with Crippen LogP contribution in [0.5, 0.6) is 0 Å². The first-order valence-electron chi connectivity index (χ1n) is 7.05. The molecule has 0 aliphatic carbocycles. The summed E-state index contributed by atoms with van der Waals surface area (Å²) in [5.41, 5.74) is 0.351. The first-order chi connectivity index (χ1) is 10.4. The lowest BCUT2D eigenvalue weighted by Gasteiger charge is -2.22. The van der Waals surface area contributed by atoms with Gasteiger partial charge in [0.1, 0.15) is 5.82 Å². The fourth-order valence-corrected chi connectivity index (χ4v) is 2.25. The summed E-state index contributed by atoms with van der Waals surface area (Å²) in [5.74, 6) is 0.692. The maximum Gasteiger partial charge on any atom is 0.416 e. The number of rotatable bonds is 5. The zero-order valence-corrected chi connectivity index (χ0v) is 12.4. The third-order valence-corrected chi connectivity index (χ3v) is 3.51. The smallest absolute Gasteiger partial charge is 0.369 e. The topological polar surface area (TPSA) is 37.8 Å². The molecule has 2 aromatic heterocycles. The number of nitrogens with one attached hydrogen (secondary N) is 1. The minimum atomic E-state index is -4.36. The highest BCUT2D eigenvalue weighted by Gasteiger charge is 2.30. The van der Waals surface area contributed by atoms with Crippen molar-refractivity contribution in [3.8, 4) is 0 Å². The predicted octanol–water partition coefficient (Wildman–Crippen LogP) is 4.35. The van der Waals surface area contributed by atoms with E-state index in [0.29, 0.717) is 12.5 Å². The van der Waals surface area contributed by atoms with E-state index < -0.39 is 11.7 Å². The van der Waals surface area contributed by atoms with E-state index in [2.05, 4.69) is 29.1 Å². The highest BCUT2D eigenvalue weighted by atomic mass is 19.4. The fourth-order valence-electron chi connectivity index (χ4n) is 2.25. The van der Waals surface area contributed by atoms with Crippen LogP contribution in [0.25, 0.3) is 0 Å². The first-order valence-corrected chi connectivity index (χ1v) is 7.05. The molecule has 0 aliphatic rings. The van der Waals surface area contributed by atoms with Gasteiger partial charge in [0.2, 0.25) is 0 Å². The van der Waals surface area contributed by atoms with Crippen molar-refractivity contribution >= 4 is 5.82 Å². The van der Waals surface area contributed by atoms with Gasteiger partial charge in [0, 0.05) is 31.1 Å². The van der Waals surface area contributed by atoms with Crippen molar-refractivity contribution in [2.75, 3.05) is 11.9 Å². The molecule has 0 saturated heterocycles. The zero-order valence-electron chi connectivity index (χ0n) is 12.4. The maximum atomic E-state index is 12.7. The lowest BCUT2D eigenvalue weighted by Crippen LogP contribution is -2.18. The van der Waals surface area contributed by atoms with Crippen LogP contribution in [-0.4, -0.2) is 16.5 Å². The van der Waals surface area contributed by atoms with Crippen LogP contribution in [0.1, 0.15) is 30.9 Å². The Balaban J connectivity index is 2.11. The van der Waals surface area contributed by atoms with Gasteiger partial charge < -0.3 is 5.32 Å². The molecular weight excluding hydrogens is 291 g/mol. The Hall–Kier alpha value is -2.11. The van der Waals surface area contributed by atoms with Gasteiger partial charge in [-0.2, -0.15) is 13.2 Å². The van der Waals surface area contributed by atoms with E-state index in [9.17, 15) is 13.2 Å². The van der Waals surface area contributed by atoms with E-state index in [0.717, 1.165) is 17.7 Å². The lowest BCUT2D eigenvalue weighted by atomic mass is 9.89. The van der Waals surface area contributed by atoms with Crippen molar-refractivity contribution in [1.82, 2.24) is 9.97 Å². The fraction of sp³-hybridized carbons (Fsp3) is 0.375. The Kier molecular flexibility index (Phi) is 5.00. The molecule has 0 spiro atoms. The summed E-state index contributed by atoms with van der Waals surface area (Å²) in [4.78, 5) is 8.05. The van der Waals surface area contributed by atoms with Crippen LogP contribution in [0.15, 0.2) is 42.9 Å². The van der Waals surface area contributed by atoms with Gasteiger partial charge in [-0.3, -0.25) is 4.98 Å². The summed E-state index contributed by atoms with van der Waals surface area (Å²) in [6, 6.07) is 5.82. The average molecular weight is 309 g/mol. The number of nitrogens with zero attached hydrogens (tertiary/aromatic N) is 2. The largest absolute Gasteiger partial charge is 0.416 e. The third-order valence-electron chi connectivity index (χ3n) is 3.51. The minimum absolute atomic E-state index is 0.144. The highest BCUT2D eigenvalue weighted by Crippen LogP contribution is 2.30. The molecule has 22 heavy (non-hydrogen) atoms. The molecule has 2 heterocycles. The van der Waals surface area contributed by atoms with Gasteiger partial charge in [0.25, 0.3) is 0 Å². The van der Waals surface area contributed by atoms with E-state index >= 15 is 0 Å². The van der Waals surface area contributed by atoms with Crippen LogP contribution >= 0.6 is 0 Å². The lowest BCUT2D eigenvalue weighted by molar-refractivity contribution is -0.137. The van der Waals surface area contributed by atoms with E-state index in [1.807, 2.05) is 12.1 Å². The van der Waals surface area contributed by atoms with E-state index in [4.69, 9.17) is 0 Å². The quantitative estimate of drug-likeness (QED) is 0.892. The molecule has 0 aliphatic heterocycles. The first kappa shape index (κ1) is 16.3. The van der Waals surface area contributed by atoms with Crippen molar-refractivity contribution in [3.05, 3.63) is 54.0 Å². The molecule has 1 N–H and O–H groups in total. The molecule has 0 radical (unpaired) electrons. The van der Waals surface area contributed by atoms with Crippen molar-refractivity contribution < 1.29 is 13.2 Å². The Morgan fingerprint density at radius 2 is 1.95 bits per heavy atom. The van der Waals surface area contributed by atoms with Gasteiger partial charge in [0.05, 0.1) is 5.56 Å². The Morgan fingerprint density at radius 3 is 2.55 bits per heavy atom. The summed E-state index contributed by atoms with van der Waals surface area (Å²) in [6.45, 7) is 4.63. The van der Waals surface area contributed by atoms with Crippen LogP contribution in [0, 0.1) is 5.92 Å². The number of alkyl halides is 3. The number of pyridine rings is 2. The summed E-state index contributed by atoms with van der Waals surface area (Å²) in [6.07, 6.45) is 0.286. The molecular formula is C16H18F3N3. The Labute approximate surface area is 127 Å². The Bertz CT molecular complexity index is 597. The summed E-state index contributed by atoms with van der Waals surface area (Å²) in [7, 11) is 0. The van der Waals surface area contributed by atoms with E-state index in [-0.39, 0.29) is 11.7 Å². The molecule has 0 bridgehead atoms. The standard InChI is InChI=1S/C16H18F3N3/c1-11(2)14(12-4-3-6-20-9-12)10-22-15-8-13(5-7-21-15)16(17,18)19/h3-9,11,14H,10H2,1-2H3,(H,21,22). The van der Waals surface area contributed by atoms with Gasteiger partial charge >= 0.3 is 6.18 Å². The van der Waals surface area contributed by atoms with Crippen LogP contribution in [0.3, 0.4) is 0 Å². The zero-order chi connectivity index (χ0) is 16.2. The van der Waals surface area contributed by atoms with Gasteiger partial charge in [-0.05, 0) is 29.7 Å². The van der Waals surface area contributed by atoms with Crippen LogP contribution in [-0.2, 0) is 6.18 Å². The molecule has 0 fully saturated rings. The van der Waals surface area contributed by atoms with E-state index in [1.165, 1.54) is 6.20 Å². The van der Waals surface area contributed by atoms with Crippen molar-refractivity contribution in [3.63, 3.8) is 0 Å². The van der Waals surface area contributed by atoms with E-state index in [1.54, 1.807) is 12.4 Å². The second kappa shape index (κ2) is 6.77. The summed E-state index contributed by atoms with van der Waals surface area (Å²) < 4.78 is 38.1. The van der Waals surface area contributed by atoms with Crippen molar-refractivity contribution in [1.29, 1.82) is 0 Å². The third kappa shape index (κ3) is 4.19. The second-order valence-corrected chi connectivity index (χ2v) is 5.45. The van der Waals surface area contributed by atoms with Gasteiger partial charge in [-0.15, -0.1) is 0 Å². The number of anilines is 1. The molecule has 1 unspecified atom stereocenters. The second-order valence-electron chi connectivity index (χ2n) is 5.45. The Morgan fingerprint density at radius 1 is 1.18 bits per heavy atom. The van der Waals surface area contributed by atoms with Gasteiger partial charge in [0.15, 0.2) is 0 Å². The molecule has 0 saturated carbocycles. The molecule has 2 aromatic rings. The highest BCUT2D eigenvalue weighted by molar-refractivity contribution is 5.39. The van der Waals surface area contributed by atoms with Crippen molar-refractivity contribution in [2.24, 2.45) is 5.92 Å². The predicted molar refractivity (Wildman–Crippen MR) is 79.5 cm³/mol. The number of hydrogen-bond acceptors (Lipinski definition) is 3. The summed E-state index contributed by atoms with van der Waals surface area (Å²) >= 11 is 0. The van der Waals surface area contributed by atoms with Crippen LogP contribution in [0.4, 0.5) is 19.0 Å². The van der Waals surface area contributed by atoms with Gasteiger partial charge in [-0.25, -0.2) is 4.98 Å². The normalized spacial score (nSPS) is 13.2. The van der Waals surface area contributed by atoms with Gasteiger partial charge in [-0.1, -0.05) is 19.9 Å². The maximum absolute atomic E-state index is 12.7. The molecule has 118 valence electrons. The molecule has 2 rings (SSSR count). The molecule has 0 amide bonds. The number of hydrogen-bond donors (Lipinski definition) is 1. The van der Waals surface area contributed by atoms with Crippen LogP contribution in [0.2, 0.25) is 0 Å². The van der Waals surface area contributed by atoms with Crippen LogP contribution < -0.4 is 5.32 Å². The number of aromatic nitrogens is 2. The monoisotopic (exact) mass is 309 g/mol. The SMILES string of the molecule is CC(C)C(CNc1cc(C(F)(F)F)ccn1)c1cccnc1. The molecule has 0 aromatic carbocycles. The average Bonchev–Trinajstić information content (AvgIpc) is 2.48. The van der Waals surface area contributed by atoms with Crippen molar-refractivity contribution in [2.45, 2.75) is 25.9 Å². The number of halogens is 3. The molecule has 3 nitrogen and oxygen atoms in total. The molecule has 6 heteroatoms. The minimum Gasteiger partial charge on any atom is -0.369 e. The summed E-state index contributed by atoms with van der Waals surface area (Å²) in [5, 5.41) is 3.00.